The Bertz CT molecular complexity index is 177. The van der Waals surface area contributed by atoms with Gasteiger partial charge in [0.15, 0.2) is 0 Å². The van der Waals surface area contributed by atoms with Crippen LogP contribution in [0.25, 0.3) is 0 Å². The topological polar surface area (TPSA) is 9.23 Å². The largest absolute Gasteiger partial charge is 0.384 e. The Kier molecular flexibility index (Phi) is 3.70. The van der Waals surface area contributed by atoms with Gasteiger partial charge in [0.25, 0.3) is 0 Å². The lowest BCUT2D eigenvalue weighted by atomic mass is 10.1. The predicted octanol–water partition coefficient (Wildman–Crippen LogP) is 2.32. The van der Waals surface area contributed by atoms with Crippen LogP contribution in [0.15, 0.2) is 36.5 Å². The van der Waals surface area contributed by atoms with Crippen LogP contribution in [0.3, 0.4) is 0 Å². The third-order valence-corrected chi connectivity index (χ3v) is 1.62. The first kappa shape index (κ1) is 8.28. The van der Waals surface area contributed by atoms with Crippen molar-refractivity contribution in [1.82, 2.24) is 0 Å². The van der Waals surface area contributed by atoms with Crippen LogP contribution >= 0.6 is 0 Å². The van der Waals surface area contributed by atoms with Gasteiger partial charge in [-0.3, -0.25) is 0 Å². The van der Waals surface area contributed by atoms with E-state index in [2.05, 4.69) is 36.5 Å². The Morgan fingerprint density at radius 1 is 1.27 bits per heavy atom. The van der Waals surface area contributed by atoms with Gasteiger partial charge in [-0.25, -0.2) is 0 Å². The van der Waals surface area contributed by atoms with Crippen LogP contribution in [0.5, 0.6) is 0 Å². The average Bonchev–Trinajstić information content (AvgIpc) is 1.94. The summed E-state index contributed by atoms with van der Waals surface area (Å²) < 4.78 is 5.05. The lowest BCUT2D eigenvalue weighted by Gasteiger charge is -2.05. The second-order valence-electron chi connectivity index (χ2n) is 2.60. The van der Waals surface area contributed by atoms with E-state index in [4.69, 9.17) is 4.74 Å². The first-order valence-electron chi connectivity index (χ1n) is 3.92. The van der Waals surface area contributed by atoms with Crippen molar-refractivity contribution >= 4 is 0 Å². The summed E-state index contributed by atoms with van der Waals surface area (Å²) in [6, 6.07) is 0. The van der Waals surface area contributed by atoms with Crippen molar-refractivity contribution in [3.05, 3.63) is 36.5 Å². The average molecular weight is 150 g/mol. The summed E-state index contributed by atoms with van der Waals surface area (Å²) in [6.45, 7) is 0.779. The molecule has 0 spiro atoms. The Morgan fingerprint density at radius 3 is 3.00 bits per heavy atom. The highest BCUT2D eigenvalue weighted by molar-refractivity contribution is 5.13. The number of allylic oxidation sites excluding steroid dienone is 4. The highest BCUT2D eigenvalue weighted by atomic mass is 16.5. The first-order chi connectivity index (χ1) is 5.43. The summed E-state index contributed by atoms with van der Waals surface area (Å²) in [6.07, 6.45) is 13.8. The van der Waals surface area contributed by atoms with E-state index in [0.717, 1.165) is 13.0 Å². The highest BCUT2D eigenvalue weighted by Gasteiger charge is 1.97. The van der Waals surface area contributed by atoms with Crippen molar-refractivity contribution in [3.8, 4) is 0 Å². The van der Waals surface area contributed by atoms with Crippen LogP contribution in [0.4, 0.5) is 0 Å². The SMILES string of the molecule is COCC1C=CC/C=C\C=C/1. The fourth-order valence-corrected chi connectivity index (χ4v) is 1.06. The predicted molar refractivity (Wildman–Crippen MR) is 47.4 cm³/mol. The van der Waals surface area contributed by atoms with E-state index in [9.17, 15) is 0 Å². The molecule has 11 heavy (non-hydrogen) atoms. The van der Waals surface area contributed by atoms with Gasteiger partial charge < -0.3 is 4.74 Å². The van der Waals surface area contributed by atoms with Gasteiger partial charge in [0.1, 0.15) is 0 Å². The maximum absolute atomic E-state index is 5.05. The van der Waals surface area contributed by atoms with E-state index >= 15 is 0 Å². The smallest absolute Gasteiger partial charge is 0.0559 e. The van der Waals surface area contributed by atoms with Gasteiger partial charge in [-0.1, -0.05) is 36.5 Å². The number of hydrogen-bond donors (Lipinski definition) is 0. The van der Waals surface area contributed by atoms with E-state index in [1.807, 2.05) is 0 Å². The number of ether oxygens (including phenoxy) is 1. The van der Waals surface area contributed by atoms with E-state index in [0.29, 0.717) is 5.92 Å². The molecule has 0 saturated heterocycles. The highest BCUT2D eigenvalue weighted by Crippen LogP contribution is 2.05. The van der Waals surface area contributed by atoms with Crippen LogP contribution in [0.2, 0.25) is 0 Å². The molecule has 1 unspecified atom stereocenters. The van der Waals surface area contributed by atoms with Crippen LogP contribution in [0, 0.1) is 5.92 Å². The van der Waals surface area contributed by atoms with E-state index < -0.39 is 0 Å². The second-order valence-corrected chi connectivity index (χ2v) is 2.60. The molecule has 0 aliphatic heterocycles. The lowest BCUT2D eigenvalue weighted by Crippen LogP contribution is -2.01. The summed E-state index contributed by atoms with van der Waals surface area (Å²) in [7, 11) is 1.73. The molecule has 1 aliphatic carbocycles. The van der Waals surface area contributed by atoms with Gasteiger partial charge in [0.05, 0.1) is 6.61 Å². The fourth-order valence-electron chi connectivity index (χ4n) is 1.06. The van der Waals surface area contributed by atoms with Crippen LogP contribution in [0.1, 0.15) is 6.42 Å². The van der Waals surface area contributed by atoms with Crippen LogP contribution in [-0.2, 0) is 4.74 Å². The van der Waals surface area contributed by atoms with Gasteiger partial charge in [-0.05, 0) is 6.42 Å². The molecular weight excluding hydrogens is 136 g/mol. The maximum Gasteiger partial charge on any atom is 0.0559 e. The Balaban J connectivity index is 2.50. The molecule has 0 N–H and O–H groups in total. The molecule has 0 amide bonds. The second kappa shape index (κ2) is 4.91. The van der Waals surface area contributed by atoms with Crippen molar-refractivity contribution in [2.24, 2.45) is 5.92 Å². The Labute approximate surface area is 68.1 Å². The quantitative estimate of drug-likeness (QED) is 0.549. The minimum atomic E-state index is 0.449. The van der Waals surface area contributed by atoms with Crippen LogP contribution < -0.4 is 0 Å². The molecule has 0 fully saturated rings. The van der Waals surface area contributed by atoms with Gasteiger partial charge in [-0.2, -0.15) is 0 Å². The molecule has 0 aromatic carbocycles. The summed E-state index contributed by atoms with van der Waals surface area (Å²) in [4.78, 5) is 0. The molecule has 0 radical (unpaired) electrons. The summed E-state index contributed by atoms with van der Waals surface area (Å²) in [5, 5.41) is 0. The molecule has 1 nitrogen and oxygen atoms in total. The number of methoxy groups -OCH3 is 1. The maximum atomic E-state index is 5.05. The third-order valence-electron chi connectivity index (χ3n) is 1.62. The zero-order chi connectivity index (χ0) is 7.94. The minimum Gasteiger partial charge on any atom is -0.384 e. The molecule has 1 aliphatic rings. The van der Waals surface area contributed by atoms with Crippen molar-refractivity contribution in [2.75, 3.05) is 13.7 Å². The van der Waals surface area contributed by atoms with Crippen molar-refractivity contribution in [3.63, 3.8) is 0 Å². The van der Waals surface area contributed by atoms with E-state index in [1.54, 1.807) is 7.11 Å². The van der Waals surface area contributed by atoms with Gasteiger partial charge in [0.2, 0.25) is 0 Å². The summed E-state index contributed by atoms with van der Waals surface area (Å²) in [5.74, 6) is 0.449. The summed E-state index contributed by atoms with van der Waals surface area (Å²) >= 11 is 0. The molecule has 0 aromatic heterocycles. The lowest BCUT2D eigenvalue weighted by molar-refractivity contribution is 0.184. The third kappa shape index (κ3) is 3.19. The van der Waals surface area contributed by atoms with Crippen molar-refractivity contribution in [1.29, 1.82) is 0 Å². The van der Waals surface area contributed by atoms with Crippen molar-refractivity contribution < 1.29 is 4.74 Å². The van der Waals surface area contributed by atoms with E-state index in [-0.39, 0.29) is 0 Å². The van der Waals surface area contributed by atoms with Crippen LogP contribution in [-0.4, -0.2) is 13.7 Å². The standard InChI is InChI=1S/C10H14O/c1-11-9-10-7-5-3-2-4-6-8-10/h2-3,5-8,10H,4,9H2,1H3/b3-2-,7-5-,8-6?. The zero-order valence-corrected chi connectivity index (χ0v) is 6.86. The monoisotopic (exact) mass is 150 g/mol. The van der Waals surface area contributed by atoms with Gasteiger partial charge >= 0.3 is 0 Å². The fraction of sp³-hybridized carbons (Fsp3) is 0.400. The molecule has 1 heteroatoms. The molecule has 0 saturated carbocycles. The molecule has 0 aromatic rings. The van der Waals surface area contributed by atoms with Gasteiger partial charge in [0, 0.05) is 13.0 Å². The van der Waals surface area contributed by atoms with Gasteiger partial charge in [-0.15, -0.1) is 0 Å². The summed E-state index contributed by atoms with van der Waals surface area (Å²) in [5.41, 5.74) is 0. The molecule has 1 atom stereocenters. The number of hydrogen-bond acceptors (Lipinski definition) is 1. The Morgan fingerprint density at radius 2 is 2.18 bits per heavy atom. The number of rotatable bonds is 2. The molecular formula is C10H14O. The normalized spacial score (nSPS) is 29.0. The first-order valence-corrected chi connectivity index (χ1v) is 3.92. The molecule has 0 heterocycles. The van der Waals surface area contributed by atoms with E-state index in [1.165, 1.54) is 0 Å². The Hall–Kier alpha value is -0.820. The van der Waals surface area contributed by atoms with Crippen molar-refractivity contribution in [2.45, 2.75) is 6.42 Å². The minimum absolute atomic E-state index is 0.449. The molecule has 1 rings (SSSR count). The molecule has 0 bridgehead atoms. The zero-order valence-electron chi connectivity index (χ0n) is 6.86. The molecule has 60 valence electrons.